The van der Waals surface area contributed by atoms with Gasteiger partial charge in [0.2, 0.25) is 11.3 Å². The van der Waals surface area contributed by atoms with Gasteiger partial charge in [0.05, 0.1) is 25.8 Å². The van der Waals surface area contributed by atoms with Gasteiger partial charge in [-0.3, -0.25) is 19.2 Å². The molecule has 0 bridgehead atoms. The molecule has 38 heavy (non-hydrogen) atoms. The van der Waals surface area contributed by atoms with Crippen molar-refractivity contribution < 1.29 is 29.8 Å². The number of thiazole rings is 1. The molecule has 3 atom stereocenters. The van der Waals surface area contributed by atoms with Crippen LogP contribution in [0.1, 0.15) is 11.3 Å². The van der Waals surface area contributed by atoms with E-state index in [2.05, 4.69) is 15.5 Å². The first-order valence-corrected chi connectivity index (χ1v) is 15.3. The molecule has 2 amide bonds. The number of fused-ring (bicyclic) bond motifs is 2. The molecule has 0 radical (unpaired) electrons. The number of aromatic nitrogens is 1. The number of nitrogen functional groups attached to an aromatic ring is 1. The van der Waals surface area contributed by atoms with E-state index in [0.29, 0.717) is 13.6 Å². The molecule has 6 N–H and O–H groups in total. The quantitative estimate of drug-likeness (QED) is 0.110. The maximum absolute atomic E-state index is 13.0. The van der Waals surface area contributed by atoms with Crippen LogP contribution < -0.4 is 16.5 Å². The second-order valence-corrected chi connectivity index (χ2v) is 14.5. The van der Waals surface area contributed by atoms with Gasteiger partial charge in [-0.1, -0.05) is 39.9 Å². The second-order valence-electron chi connectivity index (χ2n) is 8.11. The van der Waals surface area contributed by atoms with Gasteiger partial charge >= 0.3 is 5.97 Å². The lowest BCUT2D eigenvalue weighted by Crippen LogP contribution is -2.74. The van der Waals surface area contributed by atoms with E-state index >= 15 is 0 Å². The Morgan fingerprint density at radius 1 is 1.37 bits per heavy atom. The topological polar surface area (TPSA) is 196 Å². The molecule has 0 aliphatic carbocycles. The minimum Gasteiger partial charge on any atom is -0.480 e. The Morgan fingerprint density at radius 2 is 2.13 bits per heavy atom. The molecule has 2 fully saturated rings. The molecule has 0 saturated carbocycles. The summed E-state index contributed by atoms with van der Waals surface area (Å²) in [7, 11) is 0. The van der Waals surface area contributed by atoms with E-state index in [0.717, 1.165) is 34.9 Å². The summed E-state index contributed by atoms with van der Waals surface area (Å²) >= 11 is 11.5. The second kappa shape index (κ2) is 10.3. The van der Waals surface area contributed by atoms with E-state index in [1.165, 1.54) is 27.6 Å². The number of thioether (sulfide) groups is 2. The van der Waals surface area contributed by atoms with Gasteiger partial charge in [0.25, 0.3) is 5.91 Å². The largest absolute Gasteiger partial charge is 0.480 e. The highest BCUT2D eigenvalue weighted by Crippen LogP contribution is 2.48. The van der Waals surface area contributed by atoms with E-state index < -0.39 is 46.3 Å². The fraction of sp³-hybridized carbons (Fsp3) is 0.300. The van der Waals surface area contributed by atoms with Crippen LogP contribution in [0.25, 0.3) is 9.40 Å². The number of aliphatic hydroxyl groups excluding tert-OH is 1. The molecule has 2 aliphatic rings. The number of aliphatic hydroxyl groups is 1. The highest BCUT2D eigenvalue weighted by Gasteiger charge is 2.58. The fourth-order valence-corrected chi connectivity index (χ4v) is 10.5. The normalized spacial score (nSPS) is 23.3. The third-order valence-electron chi connectivity index (χ3n) is 5.88. The minimum absolute atomic E-state index is 0.0347. The number of carboxylic acid groups (broad SMARTS) is 1. The summed E-state index contributed by atoms with van der Waals surface area (Å²) in [6, 6.07) is 0.765. The molecule has 12 nitrogen and oxygen atoms in total. The number of carbonyl (C=O) groups excluding carboxylic acids is 2. The molecular weight excluding hydrogens is 618 g/mol. The van der Waals surface area contributed by atoms with Crippen molar-refractivity contribution in [1.29, 1.82) is 0 Å². The fourth-order valence-electron chi connectivity index (χ4n) is 3.99. The van der Waals surface area contributed by atoms with Crippen molar-refractivity contribution >= 4 is 107 Å². The first-order chi connectivity index (χ1) is 18.1. The predicted octanol–water partition coefficient (Wildman–Crippen LogP) is 1.70. The van der Waals surface area contributed by atoms with Gasteiger partial charge in [0, 0.05) is 12.3 Å². The highest BCUT2D eigenvalue weighted by atomic mass is 35.5. The van der Waals surface area contributed by atoms with Gasteiger partial charge < -0.3 is 31.4 Å². The van der Waals surface area contributed by atoms with Crippen LogP contribution in [0.5, 0.6) is 0 Å². The Labute approximate surface area is 238 Å². The van der Waals surface area contributed by atoms with E-state index in [-0.39, 0.29) is 38.5 Å². The Morgan fingerprint density at radius 3 is 2.76 bits per heavy atom. The maximum Gasteiger partial charge on any atom is 0.322 e. The molecule has 0 aromatic carbocycles. The van der Waals surface area contributed by atoms with Crippen LogP contribution in [-0.2, 0) is 21.0 Å². The molecule has 2 saturated heterocycles. The monoisotopic (exact) mass is 633 g/mol. The summed E-state index contributed by atoms with van der Waals surface area (Å²) in [6.45, 7) is -0.726. The molecule has 3 aromatic heterocycles. The van der Waals surface area contributed by atoms with Crippen LogP contribution in [-0.4, -0.2) is 77.3 Å². The first kappa shape index (κ1) is 27.2. The van der Waals surface area contributed by atoms with Crippen LogP contribution in [0, 0.1) is 0 Å². The summed E-state index contributed by atoms with van der Waals surface area (Å²) < 4.78 is 0.104. The number of hydrogen-bond donors (Lipinski definition) is 5. The van der Waals surface area contributed by atoms with Gasteiger partial charge in [0.1, 0.15) is 26.2 Å². The molecule has 3 aromatic rings. The van der Waals surface area contributed by atoms with Crippen molar-refractivity contribution in [3.63, 3.8) is 0 Å². The summed E-state index contributed by atoms with van der Waals surface area (Å²) in [5.74, 6) is -2.54. The number of rotatable bonds is 7. The number of nitrogens with one attached hydrogen (secondary N) is 1. The summed E-state index contributed by atoms with van der Waals surface area (Å²) in [5.41, 5.74) is 4.73. The number of carbonyl (C=O) groups is 3. The number of thiophene rings is 1. The van der Waals surface area contributed by atoms with Crippen LogP contribution in [0.3, 0.4) is 0 Å². The number of aliphatic carboxylic acids is 1. The zero-order valence-corrected chi connectivity index (χ0v) is 23.6. The highest BCUT2D eigenvalue weighted by molar-refractivity contribution is 8.06. The summed E-state index contributed by atoms with van der Waals surface area (Å²) in [5, 5.41) is 36.1. The third kappa shape index (κ3) is 4.44. The zero-order valence-electron chi connectivity index (χ0n) is 18.7. The smallest absolute Gasteiger partial charge is 0.322 e. The lowest BCUT2D eigenvalue weighted by atomic mass is 10.0. The predicted molar refractivity (Wildman–Crippen MR) is 148 cm³/mol. The minimum atomic E-state index is -1.49. The van der Waals surface area contributed by atoms with Crippen LogP contribution >= 0.6 is 69.1 Å². The number of halogens is 1. The molecule has 200 valence electrons. The van der Waals surface area contributed by atoms with Crippen molar-refractivity contribution in [1.82, 2.24) is 15.2 Å². The first-order valence-electron chi connectivity index (χ1n) is 10.5. The van der Waals surface area contributed by atoms with Gasteiger partial charge in [-0.2, -0.15) is 0 Å². The van der Waals surface area contributed by atoms with Crippen molar-refractivity contribution in [2.75, 3.05) is 18.0 Å². The molecule has 2 unspecified atom stereocenters. The van der Waals surface area contributed by atoms with Gasteiger partial charge in [-0.05, 0) is 11.4 Å². The maximum atomic E-state index is 13.0. The Balaban J connectivity index is 1.35. The number of nitrogens with two attached hydrogens (primary N) is 1. The van der Waals surface area contributed by atoms with E-state index in [4.69, 9.17) is 17.3 Å². The lowest BCUT2D eigenvalue weighted by molar-refractivity contribution is -0.151. The standard InChI is InChI=1S/C20H16ClN5O7S5/c21-13-8(24-19(22)37-13)9(25-33)14(29)23-10-15(30)26-4-20(18(31)32,5-35-16(10)26)38-17-6(3-27)11(28)12-7(36-17)1-2-34-12/h1-2,10,16,27,33H,3-5H2,(H2,22,24)(H,23,29)(H,31,32)/t10?,16-,20?/m1/s1. The summed E-state index contributed by atoms with van der Waals surface area (Å²) in [4.78, 5) is 56.3. The van der Waals surface area contributed by atoms with Crippen LogP contribution in [0.2, 0.25) is 4.34 Å². The van der Waals surface area contributed by atoms with Crippen LogP contribution in [0.15, 0.2) is 25.6 Å². The van der Waals surface area contributed by atoms with Crippen molar-refractivity contribution in [2.24, 2.45) is 5.16 Å². The molecule has 18 heteroatoms. The summed E-state index contributed by atoms with van der Waals surface area (Å²) in [6.07, 6.45) is 0. The Hall–Kier alpha value is -2.41. The molecule has 0 spiro atoms. The number of nitrogens with zero attached hydrogens (tertiary/aromatic N) is 3. The Kier molecular flexibility index (Phi) is 7.36. The molecule has 2 aliphatic heterocycles. The van der Waals surface area contributed by atoms with Crippen molar-refractivity contribution in [3.05, 3.63) is 37.3 Å². The average molecular weight is 634 g/mol. The van der Waals surface area contributed by atoms with Gasteiger partial charge in [-0.25, -0.2) is 4.98 Å². The lowest BCUT2D eigenvalue weighted by Gasteiger charge is -2.53. The molecular formula is C20H16ClN5O7S5. The number of β-lactam (4-membered cyclic amide) rings is 1. The number of hydrogen-bond acceptors (Lipinski definition) is 14. The van der Waals surface area contributed by atoms with E-state index in [1.54, 1.807) is 11.4 Å². The molecule has 5 rings (SSSR count). The number of carboxylic acids is 1. The average Bonchev–Trinajstić information content (AvgIpc) is 3.49. The Bertz CT molecular complexity index is 1570. The van der Waals surface area contributed by atoms with Gasteiger partial charge in [-0.15, -0.1) is 34.4 Å². The van der Waals surface area contributed by atoms with E-state index in [1.807, 2.05) is 0 Å². The van der Waals surface area contributed by atoms with Gasteiger partial charge in [0.15, 0.2) is 10.8 Å². The van der Waals surface area contributed by atoms with Crippen molar-refractivity contribution in [2.45, 2.75) is 27.0 Å². The van der Waals surface area contributed by atoms with E-state index in [9.17, 15) is 34.6 Å². The number of anilines is 1. The number of oxime groups is 1. The van der Waals surface area contributed by atoms with Crippen LogP contribution in [0.4, 0.5) is 5.13 Å². The number of amides is 2. The SMILES string of the molecule is Nc1nc(C(=NO)C(=O)NC2C(=O)N3CC(Sc4sc5ccsc5c(=O)c4CO)(C(=O)O)CS[C@H]23)c(Cl)s1. The molecule has 5 heterocycles. The van der Waals surface area contributed by atoms with Crippen molar-refractivity contribution in [3.8, 4) is 0 Å². The zero-order chi connectivity index (χ0) is 27.4. The third-order valence-corrected chi connectivity index (χ3v) is 12.5.